The predicted molar refractivity (Wildman–Crippen MR) is 64.5 cm³/mol. The molecule has 3 N–H and O–H groups in total. The van der Waals surface area contributed by atoms with Gasteiger partial charge >= 0.3 is 10.4 Å². The molecule has 0 saturated heterocycles. The van der Waals surface area contributed by atoms with Crippen LogP contribution in [0, 0.1) is 0 Å². The Hall–Kier alpha value is -1.15. The molecule has 0 radical (unpaired) electrons. The minimum atomic E-state index is -4.57. The van der Waals surface area contributed by atoms with Crippen molar-refractivity contribution in [2.24, 2.45) is 0 Å². The van der Waals surface area contributed by atoms with Crippen molar-refractivity contribution < 1.29 is 27.4 Å². The topological polar surface area (TPSA) is 104 Å². The van der Waals surface area contributed by atoms with Gasteiger partial charge in [-0.15, -0.1) is 0 Å². The first kappa shape index (κ1) is 14.9. The fourth-order valence-corrected chi connectivity index (χ4v) is 1.76. The standard InChI is InChI=1S/C11H16O6S/c1-7(2)8-3-9(5-12)11(13)10(4-8)6-17-18(14,15)16/h3-4,7,12-13H,5-6H2,1-2H3,(H,14,15,16). The molecule has 0 aliphatic heterocycles. The zero-order valence-electron chi connectivity index (χ0n) is 10.1. The molecule has 7 heteroatoms. The lowest BCUT2D eigenvalue weighted by Gasteiger charge is -2.13. The molecule has 0 spiro atoms. The first-order valence-corrected chi connectivity index (χ1v) is 6.68. The Kier molecular flexibility index (Phi) is 4.69. The van der Waals surface area contributed by atoms with Crippen LogP contribution in [-0.4, -0.2) is 23.2 Å². The molecular weight excluding hydrogens is 260 g/mol. The van der Waals surface area contributed by atoms with E-state index in [0.717, 1.165) is 5.56 Å². The number of rotatable bonds is 5. The van der Waals surface area contributed by atoms with Crippen molar-refractivity contribution in [3.8, 4) is 5.75 Å². The summed E-state index contributed by atoms with van der Waals surface area (Å²) in [5.74, 6) is -0.0917. The number of aliphatic hydroxyl groups excluding tert-OH is 1. The van der Waals surface area contributed by atoms with Crippen LogP contribution in [0.2, 0.25) is 0 Å². The molecular formula is C11H16O6S. The molecule has 0 aliphatic carbocycles. The van der Waals surface area contributed by atoms with E-state index in [4.69, 9.17) is 9.66 Å². The van der Waals surface area contributed by atoms with Gasteiger partial charge in [-0.25, -0.2) is 4.18 Å². The summed E-state index contributed by atoms with van der Waals surface area (Å²) in [6.07, 6.45) is 0. The van der Waals surface area contributed by atoms with Crippen molar-refractivity contribution in [1.29, 1.82) is 0 Å². The minimum absolute atomic E-state index is 0.139. The summed E-state index contributed by atoms with van der Waals surface area (Å²) in [7, 11) is -4.57. The summed E-state index contributed by atoms with van der Waals surface area (Å²) in [6, 6.07) is 3.21. The summed E-state index contributed by atoms with van der Waals surface area (Å²) in [4.78, 5) is 0. The van der Waals surface area contributed by atoms with Crippen LogP contribution in [0.1, 0.15) is 36.5 Å². The Morgan fingerprint density at radius 1 is 1.28 bits per heavy atom. The largest absolute Gasteiger partial charge is 0.507 e. The lowest BCUT2D eigenvalue weighted by atomic mass is 9.97. The number of phenols is 1. The fraction of sp³-hybridized carbons (Fsp3) is 0.455. The monoisotopic (exact) mass is 276 g/mol. The Morgan fingerprint density at radius 2 is 1.83 bits per heavy atom. The van der Waals surface area contributed by atoms with Crippen LogP contribution >= 0.6 is 0 Å². The zero-order valence-corrected chi connectivity index (χ0v) is 10.9. The van der Waals surface area contributed by atoms with Gasteiger partial charge in [0.1, 0.15) is 5.75 Å². The van der Waals surface area contributed by atoms with Crippen molar-refractivity contribution in [3.63, 3.8) is 0 Å². The number of hydrogen-bond acceptors (Lipinski definition) is 5. The smallest absolute Gasteiger partial charge is 0.397 e. The lowest BCUT2D eigenvalue weighted by molar-refractivity contribution is 0.252. The second-order valence-electron chi connectivity index (χ2n) is 4.19. The van der Waals surface area contributed by atoms with Crippen LogP contribution in [0.25, 0.3) is 0 Å². The van der Waals surface area contributed by atoms with Crippen LogP contribution in [0.15, 0.2) is 12.1 Å². The number of aromatic hydroxyl groups is 1. The number of benzene rings is 1. The average Bonchev–Trinajstić information content (AvgIpc) is 2.26. The summed E-state index contributed by atoms with van der Waals surface area (Å²) >= 11 is 0. The Balaban J connectivity index is 3.13. The average molecular weight is 276 g/mol. The van der Waals surface area contributed by atoms with Gasteiger partial charge in [0.2, 0.25) is 0 Å². The quantitative estimate of drug-likeness (QED) is 0.701. The Labute approximate surface area is 106 Å². The van der Waals surface area contributed by atoms with Crippen LogP contribution < -0.4 is 0 Å². The van der Waals surface area contributed by atoms with Gasteiger partial charge in [-0.05, 0) is 23.6 Å². The predicted octanol–water partition coefficient (Wildman–Crippen LogP) is 1.33. The van der Waals surface area contributed by atoms with Gasteiger partial charge in [0.05, 0.1) is 13.2 Å². The highest BCUT2D eigenvalue weighted by Gasteiger charge is 2.14. The molecule has 0 fully saturated rings. The van der Waals surface area contributed by atoms with E-state index in [1.165, 1.54) is 0 Å². The summed E-state index contributed by atoms with van der Waals surface area (Å²) in [6.45, 7) is 2.98. The molecule has 0 aromatic heterocycles. The third-order valence-electron chi connectivity index (χ3n) is 2.49. The Bertz CT molecular complexity index is 521. The Morgan fingerprint density at radius 3 is 2.28 bits per heavy atom. The molecule has 1 aromatic rings. The van der Waals surface area contributed by atoms with Crippen LogP contribution in [0.4, 0.5) is 0 Å². The van der Waals surface area contributed by atoms with Crippen molar-refractivity contribution in [1.82, 2.24) is 0 Å². The first-order valence-electron chi connectivity index (χ1n) is 5.32. The van der Waals surface area contributed by atoms with Crippen molar-refractivity contribution in [2.75, 3.05) is 0 Å². The minimum Gasteiger partial charge on any atom is -0.507 e. The van der Waals surface area contributed by atoms with Crippen molar-refractivity contribution in [3.05, 3.63) is 28.8 Å². The van der Waals surface area contributed by atoms with E-state index >= 15 is 0 Å². The van der Waals surface area contributed by atoms with Crippen LogP contribution in [-0.2, 0) is 27.8 Å². The van der Waals surface area contributed by atoms with Gasteiger partial charge in [0.15, 0.2) is 0 Å². The maximum atomic E-state index is 10.5. The molecule has 6 nitrogen and oxygen atoms in total. The second kappa shape index (κ2) is 5.66. The molecule has 0 bridgehead atoms. The van der Waals surface area contributed by atoms with Crippen molar-refractivity contribution in [2.45, 2.75) is 33.0 Å². The molecule has 18 heavy (non-hydrogen) atoms. The molecule has 0 unspecified atom stereocenters. The normalized spacial score (nSPS) is 12.1. The molecule has 0 aliphatic rings. The fourth-order valence-electron chi connectivity index (χ4n) is 1.49. The van der Waals surface area contributed by atoms with E-state index in [-0.39, 0.29) is 29.4 Å². The molecule has 0 heterocycles. The summed E-state index contributed by atoms with van der Waals surface area (Å²) < 4.78 is 33.7. The van der Waals surface area contributed by atoms with Gasteiger partial charge in [-0.3, -0.25) is 4.55 Å². The zero-order chi connectivity index (χ0) is 13.9. The van der Waals surface area contributed by atoms with E-state index in [9.17, 15) is 13.5 Å². The van der Waals surface area contributed by atoms with E-state index in [2.05, 4.69) is 4.18 Å². The molecule has 0 atom stereocenters. The number of hydrogen-bond donors (Lipinski definition) is 3. The molecule has 1 rings (SSSR count). The maximum Gasteiger partial charge on any atom is 0.397 e. The highest BCUT2D eigenvalue weighted by Crippen LogP contribution is 2.29. The molecule has 0 saturated carbocycles. The molecule has 0 amide bonds. The van der Waals surface area contributed by atoms with E-state index in [0.29, 0.717) is 0 Å². The van der Waals surface area contributed by atoms with Gasteiger partial charge in [-0.1, -0.05) is 13.8 Å². The van der Waals surface area contributed by atoms with Gasteiger partial charge in [0, 0.05) is 11.1 Å². The maximum absolute atomic E-state index is 10.5. The lowest BCUT2D eigenvalue weighted by Crippen LogP contribution is -2.05. The van der Waals surface area contributed by atoms with Gasteiger partial charge in [0.25, 0.3) is 0 Å². The van der Waals surface area contributed by atoms with Crippen LogP contribution in [0.5, 0.6) is 5.75 Å². The third kappa shape index (κ3) is 3.95. The second-order valence-corrected chi connectivity index (χ2v) is 5.28. The summed E-state index contributed by atoms with van der Waals surface area (Å²) in [5.41, 5.74) is 1.31. The van der Waals surface area contributed by atoms with E-state index in [1.54, 1.807) is 12.1 Å². The molecule has 102 valence electrons. The highest BCUT2D eigenvalue weighted by atomic mass is 32.3. The number of aliphatic hydroxyl groups is 1. The van der Waals surface area contributed by atoms with Gasteiger partial charge in [-0.2, -0.15) is 8.42 Å². The van der Waals surface area contributed by atoms with Gasteiger partial charge < -0.3 is 10.2 Å². The third-order valence-corrected chi connectivity index (χ3v) is 2.91. The van der Waals surface area contributed by atoms with E-state index in [1.807, 2.05) is 13.8 Å². The first-order chi connectivity index (χ1) is 8.24. The van der Waals surface area contributed by atoms with E-state index < -0.39 is 17.0 Å². The van der Waals surface area contributed by atoms with Crippen molar-refractivity contribution >= 4 is 10.4 Å². The highest BCUT2D eigenvalue weighted by molar-refractivity contribution is 7.80. The molecule has 1 aromatic carbocycles. The SMILES string of the molecule is CC(C)c1cc(CO)c(O)c(COS(=O)(=O)O)c1. The van der Waals surface area contributed by atoms with Crippen LogP contribution in [0.3, 0.4) is 0 Å². The summed E-state index contributed by atoms with van der Waals surface area (Å²) in [5, 5.41) is 18.9.